The molecular formula is C51H57N9O6S. The number of hydrogen-bond donors (Lipinski definition) is 2. The van der Waals surface area contributed by atoms with Crippen LogP contribution < -0.4 is 15.5 Å². The van der Waals surface area contributed by atoms with E-state index >= 15 is 0 Å². The van der Waals surface area contributed by atoms with Gasteiger partial charge in [-0.25, -0.2) is 24.5 Å². The number of carbonyl (C=O) groups excluding carboxylic acids is 3. The number of tetrazole rings is 1. The molecule has 16 heteroatoms. The molecule has 348 valence electrons. The molecule has 0 bridgehead atoms. The first-order chi connectivity index (χ1) is 31.8. The fourth-order valence-corrected chi connectivity index (χ4v) is 8.49. The average Bonchev–Trinajstić information content (AvgIpc) is 3.94. The van der Waals surface area contributed by atoms with Crippen molar-refractivity contribution in [2.24, 2.45) is 0 Å². The molecule has 2 aromatic heterocycles. The minimum absolute atomic E-state index is 0.161. The number of aromatic amines is 1. The Morgan fingerprint density at radius 3 is 2.00 bits per heavy atom. The molecule has 0 atom stereocenters. The van der Waals surface area contributed by atoms with Gasteiger partial charge in [-0.05, 0) is 124 Å². The zero-order valence-electron chi connectivity index (χ0n) is 39.6. The summed E-state index contributed by atoms with van der Waals surface area (Å²) in [6.45, 7) is 15.4. The van der Waals surface area contributed by atoms with Gasteiger partial charge in [-0.1, -0.05) is 73.3 Å². The van der Waals surface area contributed by atoms with Crippen LogP contribution in [0.4, 0.5) is 26.7 Å². The van der Waals surface area contributed by atoms with Gasteiger partial charge in [-0.2, -0.15) is 0 Å². The quantitative estimate of drug-likeness (QED) is 0.0635. The molecule has 0 saturated heterocycles. The third kappa shape index (κ3) is 10.9. The monoisotopic (exact) mass is 923 g/mol. The first-order valence-corrected chi connectivity index (χ1v) is 22.9. The van der Waals surface area contributed by atoms with Crippen LogP contribution in [-0.4, -0.2) is 80.2 Å². The van der Waals surface area contributed by atoms with Crippen LogP contribution in [0.15, 0.2) is 107 Å². The van der Waals surface area contributed by atoms with Crippen molar-refractivity contribution < 1.29 is 28.6 Å². The Morgan fingerprint density at radius 2 is 1.39 bits per heavy atom. The van der Waals surface area contributed by atoms with Crippen LogP contribution in [0.2, 0.25) is 0 Å². The van der Waals surface area contributed by atoms with Gasteiger partial charge in [0.25, 0.3) is 0 Å². The van der Waals surface area contributed by atoms with Gasteiger partial charge in [0.1, 0.15) is 17.0 Å². The summed E-state index contributed by atoms with van der Waals surface area (Å²) in [4.78, 5) is 50.6. The largest absolute Gasteiger partial charge is 0.462 e. The molecule has 0 radical (unpaired) electrons. The predicted octanol–water partition coefficient (Wildman–Crippen LogP) is 11.2. The molecule has 0 spiro atoms. The van der Waals surface area contributed by atoms with E-state index in [1.807, 2.05) is 81.4 Å². The number of esters is 1. The maximum absolute atomic E-state index is 14.0. The molecule has 0 fully saturated rings. The van der Waals surface area contributed by atoms with E-state index in [0.29, 0.717) is 58.1 Å². The van der Waals surface area contributed by atoms with Crippen LogP contribution in [0.5, 0.6) is 0 Å². The number of nitrogens with one attached hydrogen (secondary N) is 1. The molecule has 0 saturated carbocycles. The van der Waals surface area contributed by atoms with Crippen LogP contribution >= 0.6 is 11.8 Å². The standard InChI is InChI=1S/C51H57N9O6S/c1-11-15-43-53-45-40(60(43)30-31-18-20-32(21-19-31)35-16-13-14-17-36(35)46-54-56-57-55-46)27-25-38(47(61)64-12-2)44(45)37-24-22-33(28-41(37)58(9)48(62)65-50(3,4)5)67-34-23-26-39(52)42(29-34)59(10)49(63)66-51(6,7)8/h13-14,16-29H,11-12,15,30,52H2,1-10H3,(H,54,55,56,57). The van der Waals surface area contributed by atoms with Crippen LogP contribution in [0.1, 0.15) is 83.6 Å². The minimum Gasteiger partial charge on any atom is -0.462 e. The summed E-state index contributed by atoms with van der Waals surface area (Å²) in [5, 5.41) is 14.5. The van der Waals surface area contributed by atoms with Crippen molar-refractivity contribution in [3.63, 3.8) is 0 Å². The highest BCUT2D eigenvalue weighted by Crippen LogP contribution is 2.43. The predicted molar refractivity (Wildman–Crippen MR) is 264 cm³/mol. The lowest BCUT2D eigenvalue weighted by Gasteiger charge is -2.27. The van der Waals surface area contributed by atoms with Gasteiger partial charge in [-0.3, -0.25) is 9.80 Å². The molecule has 3 N–H and O–H groups in total. The van der Waals surface area contributed by atoms with Crippen molar-refractivity contribution in [3.8, 4) is 33.6 Å². The summed E-state index contributed by atoms with van der Waals surface area (Å²) in [6.07, 6.45) is 0.372. The molecule has 0 unspecified atom stereocenters. The molecule has 7 aromatic rings. The maximum atomic E-state index is 14.0. The number of benzene rings is 5. The number of nitrogens with zero attached hydrogens (tertiary/aromatic N) is 7. The Balaban J connectivity index is 1.34. The van der Waals surface area contributed by atoms with Gasteiger partial charge in [0, 0.05) is 53.5 Å². The van der Waals surface area contributed by atoms with Gasteiger partial charge in [-0.15, -0.1) is 5.10 Å². The molecule has 67 heavy (non-hydrogen) atoms. The van der Waals surface area contributed by atoms with E-state index in [4.69, 9.17) is 24.9 Å². The lowest BCUT2D eigenvalue weighted by atomic mass is 9.95. The Labute approximate surface area is 395 Å². The first-order valence-electron chi connectivity index (χ1n) is 22.1. The molecule has 0 aliphatic carbocycles. The van der Waals surface area contributed by atoms with Gasteiger partial charge < -0.3 is 24.5 Å². The van der Waals surface area contributed by atoms with Crippen LogP contribution in [0.25, 0.3) is 44.7 Å². The number of ether oxygens (including phenoxy) is 3. The summed E-state index contributed by atoms with van der Waals surface area (Å²) < 4.78 is 19.4. The molecule has 0 aliphatic heterocycles. The van der Waals surface area contributed by atoms with E-state index in [-0.39, 0.29) is 6.61 Å². The summed E-state index contributed by atoms with van der Waals surface area (Å²) >= 11 is 1.41. The summed E-state index contributed by atoms with van der Waals surface area (Å²) in [6, 6.07) is 31.2. The normalized spacial score (nSPS) is 11.7. The van der Waals surface area contributed by atoms with Crippen LogP contribution in [-0.2, 0) is 27.2 Å². The van der Waals surface area contributed by atoms with E-state index in [2.05, 4.69) is 56.4 Å². The Bertz CT molecular complexity index is 2920. The zero-order valence-corrected chi connectivity index (χ0v) is 40.4. The maximum Gasteiger partial charge on any atom is 0.414 e. The van der Waals surface area contributed by atoms with Crippen molar-refractivity contribution in [3.05, 3.63) is 114 Å². The highest BCUT2D eigenvalue weighted by atomic mass is 32.2. The number of aryl methyl sites for hydroxylation is 1. The summed E-state index contributed by atoms with van der Waals surface area (Å²) in [5.41, 5.74) is 13.0. The van der Waals surface area contributed by atoms with Crippen molar-refractivity contribution >= 4 is 58.0 Å². The number of H-pyrrole nitrogens is 1. The number of anilines is 3. The number of rotatable bonds is 13. The van der Waals surface area contributed by atoms with E-state index < -0.39 is 29.4 Å². The van der Waals surface area contributed by atoms with E-state index in [0.717, 1.165) is 49.8 Å². The Hall–Kier alpha value is -7.20. The Morgan fingerprint density at radius 1 is 0.761 bits per heavy atom. The topological polar surface area (TPSA) is 184 Å². The first kappa shape index (κ1) is 47.8. The number of amides is 2. The van der Waals surface area contributed by atoms with Gasteiger partial charge >= 0.3 is 18.2 Å². The smallest absolute Gasteiger partial charge is 0.414 e. The van der Waals surface area contributed by atoms with Crippen molar-refractivity contribution in [2.45, 2.75) is 95.8 Å². The summed E-state index contributed by atoms with van der Waals surface area (Å²) in [7, 11) is 3.26. The van der Waals surface area contributed by atoms with Gasteiger partial charge in [0.2, 0.25) is 0 Å². The van der Waals surface area contributed by atoms with Crippen molar-refractivity contribution in [1.82, 2.24) is 30.2 Å². The number of imidazole rings is 1. The average molecular weight is 924 g/mol. The molecule has 5 aromatic carbocycles. The number of nitrogen functional groups attached to an aromatic ring is 1. The van der Waals surface area contributed by atoms with E-state index in [1.54, 1.807) is 53.9 Å². The number of hydrogen-bond acceptors (Lipinski definition) is 12. The van der Waals surface area contributed by atoms with Crippen molar-refractivity contribution in [2.75, 3.05) is 36.2 Å². The molecule has 2 amide bonds. The molecule has 0 aliphatic rings. The fraction of sp³-hybridized carbons (Fsp3) is 0.314. The number of fused-ring (bicyclic) bond motifs is 1. The third-order valence-corrected chi connectivity index (χ3v) is 11.6. The van der Waals surface area contributed by atoms with Gasteiger partial charge in [0.15, 0.2) is 5.82 Å². The zero-order chi connectivity index (χ0) is 48.2. The fourth-order valence-electron chi connectivity index (χ4n) is 7.60. The molecular weight excluding hydrogens is 867 g/mol. The SMILES string of the molecule is CCCc1nc2c(-c3ccc(Sc4ccc(N)c(N(C)C(=O)OC(C)(C)C)c4)cc3N(C)C(=O)OC(C)(C)C)c(C(=O)OCC)ccc2n1Cc1ccc(-c2ccccc2-c2nnn[nH]2)cc1. The highest BCUT2D eigenvalue weighted by molar-refractivity contribution is 7.99. The van der Waals surface area contributed by atoms with E-state index in [1.165, 1.54) is 21.6 Å². The Kier molecular flexibility index (Phi) is 14.1. The van der Waals surface area contributed by atoms with Crippen molar-refractivity contribution in [1.29, 1.82) is 0 Å². The lowest BCUT2D eigenvalue weighted by molar-refractivity contribution is 0.0525. The van der Waals surface area contributed by atoms with Gasteiger partial charge in [0.05, 0.1) is 40.3 Å². The molecule has 2 heterocycles. The second kappa shape index (κ2) is 19.7. The minimum atomic E-state index is -0.793. The lowest BCUT2D eigenvalue weighted by Crippen LogP contribution is -2.34. The van der Waals surface area contributed by atoms with E-state index in [9.17, 15) is 14.4 Å². The highest BCUT2D eigenvalue weighted by Gasteiger charge is 2.29. The van der Waals surface area contributed by atoms with Crippen LogP contribution in [0.3, 0.4) is 0 Å². The molecule has 7 rings (SSSR count). The number of nitrogens with two attached hydrogens (primary N) is 1. The summed E-state index contributed by atoms with van der Waals surface area (Å²) in [5.74, 6) is 0.911. The van der Waals surface area contributed by atoms with Crippen LogP contribution in [0, 0.1) is 0 Å². The number of carbonyl (C=O) groups is 3. The second-order valence-electron chi connectivity index (χ2n) is 18.0. The third-order valence-electron chi connectivity index (χ3n) is 10.6. The number of aromatic nitrogens is 6. The molecule has 15 nitrogen and oxygen atoms in total. The second-order valence-corrected chi connectivity index (χ2v) is 19.2.